The average molecular weight is 402 g/mol. The molecule has 28 heavy (non-hydrogen) atoms. The molecule has 2 N–H and O–H groups in total. The number of esters is 1. The van der Waals surface area contributed by atoms with E-state index in [1.807, 2.05) is 0 Å². The number of carbonyl (C=O) groups excluding carboxylic acids is 1. The SMILES string of the molecule is COC(=O)C(CC(F)F)c1cnn2cc(C(N)C3CCC(F)(F)CC3)nc2c1. The van der Waals surface area contributed by atoms with E-state index in [2.05, 4.69) is 14.8 Å². The standard InChI is InChI=1S/C18H22F4N4O2/c1-28-17(27)12(7-14(19)20)11-6-15-25-13(9-26(15)24-8-11)16(23)10-2-4-18(21,22)5-3-10/h6,8-10,12,14,16H,2-5,7,23H2,1H3. The van der Waals surface area contributed by atoms with Crippen molar-refractivity contribution in [1.82, 2.24) is 14.6 Å². The van der Waals surface area contributed by atoms with Gasteiger partial charge in [0, 0.05) is 19.3 Å². The number of carbonyl (C=O) groups is 1. The van der Waals surface area contributed by atoms with Crippen LogP contribution < -0.4 is 5.73 Å². The maximum absolute atomic E-state index is 13.4. The van der Waals surface area contributed by atoms with Crippen LogP contribution in [-0.4, -0.2) is 40.0 Å². The Kier molecular flexibility index (Phi) is 5.87. The molecule has 0 radical (unpaired) electrons. The summed E-state index contributed by atoms with van der Waals surface area (Å²) >= 11 is 0. The summed E-state index contributed by atoms with van der Waals surface area (Å²) in [5, 5.41) is 4.12. The smallest absolute Gasteiger partial charge is 0.313 e. The number of imidazole rings is 1. The number of hydrogen-bond donors (Lipinski definition) is 1. The molecule has 2 aromatic rings. The third-order valence-electron chi connectivity index (χ3n) is 5.27. The normalized spacial score (nSPS) is 19.7. The van der Waals surface area contributed by atoms with Gasteiger partial charge in [0.25, 0.3) is 0 Å². The fourth-order valence-corrected chi connectivity index (χ4v) is 3.61. The van der Waals surface area contributed by atoms with Crippen molar-refractivity contribution in [3.8, 4) is 0 Å². The molecule has 2 atom stereocenters. The van der Waals surface area contributed by atoms with E-state index < -0.39 is 36.7 Å². The molecule has 0 bridgehead atoms. The van der Waals surface area contributed by atoms with E-state index in [1.54, 1.807) is 6.20 Å². The van der Waals surface area contributed by atoms with Crippen molar-refractivity contribution in [3.05, 3.63) is 29.7 Å². The Balaban J connectivity index is 1.83. The Morgan fingerprint density at radius 3 is 2.68 bits per heavy atom. The van der Waals surface area contributed by atoms with Gasteiger partial charge in [-0.1, -0.05) is 0 Å². The van der Waals surface area contributed by atoms with Crippen LogP contribution in [0.15, 0.2) is 18.5 Å². The molecule has 1 fully saturated rings. The number of nitrogens with zero attached hydrogens (tertiary/aromatic N) is 3. The summed E-state index contributed by atoms with van der Waals surface area (Å²) in [6.07, 6.45) is -0.252. The summed E-state index contributed by atoms with van der Waals surface area (Å²) in [6, 6.07) is 0.959. The van der Waals surface area contributed by atoms with Gasteiger partial charge in [0.15, 0.2) is 5.65 Å². The number of fused-ring (bicyclic) bond motifs is 1. The molecular formula is C18H22F4N4O2. The highest BCUT2D eigenvalue weighted by molar-refractivity contribution is 5.78. The summed E-state index contributed by atoms with van der Waals surface area (Å²) in [4.78, 5) is 16.2. The van der Waals surface area contributed by atoms with Crippen LogP contribution in [0, 0.1) is 5.92 Å². The third kappa shape index (κ3) is 4.43. The van der Waals surface area contributed by atoms with Gasteiger partial charge in [-0.15, -0.1) is 0 Å². The molecule has 0 aliphatic heterocycles. The lowest BCUT2D eigenvalue weighted by molar-refractivity contribution is -0.143. The lowest BCUT2D eigenvalue weighted by Gasteiger charge is -2.31. The van der Waals surface area contributed by atoms with Crippen molar-refractivity contribution < 1.29 is 27.1 Å². The summed E-state index contributed by atoms with van der Waals surface area (Å²) in [6.45, 7) is 0. The number of aromatic nitrogens is 3. The topological polar surface area (TPSA) is 82.5 Å². The first-order chi connectivity index (χ1) is 13.2. The van der Waals surface area contributed by atoms with Crippen LogP contribution >= 0.6 is 0 Å². The second-order valence-corrected chi connectivity index (χ2v) is 7.18. The molecule has 2 aromatic heterocycles. The summed E-state index contributed by atoms with van der Waals surface area (Å²) in [7, 11) is 1.13. The van der Waals surface area contributed by atoms with E-state index in [4.69, 9.17) is 5.73 Å². The molecule has 6 nitrogen and oxygen atoms in total. The van der Waals surface area contributed by atoms with Crippen LogP contribution in [0.3, 0.4) is 0 Å². The first-order valence-electron chi connectivity index (χ1n) is 9.05. The van der Waals surface area contributed by atoms with Crippen molar-refractivity contribution in [3.63, 3.8) is 0 Å². The van der Waals surface area contributed by atoms with E-state index in [0.717, 1.165) is 7.11 Å². The number of ether oxygens (including phenoxy) is 1. The zero-order chi connectivity index (χ0) is 20.5. The molecule has 0 spiro atoms. The summed E-state index contributed by atoms with van der Waals surface area (Å²) in [5.74, 6) is -4.69. The van der Waals surface area contributed by atoms with E-state index >= 15 is 0 Å². The fourth-order valence-electron chi connectivity index (χ4n) is 3.61. The molecule has 2 heterocycles. The van der Waals surface area contributed by atoms with Gasteiger partial charge in [-0.25, -0.2) is 27.1 Å². The first kappa shape index (κ1) is 20.5. The lowest BCUT2D eigenvalue weighted by Crippen LogP contribution is -2.31. The molecule has 3 rings (SSSR count). The minimum absolute atomic E-state index is 0.120. The minimum atomic E-state index is -2.69. The van der Waals surface area contributed by atoms with Crippen molar-refractivity contribution in [2.24, 2.45) is 11.7 Å². The second-order valence-electron chi connectivity index (χ2n) is 7.18. The van der Waals surface area contributed by atoms with E-state index in [9.17, 15) is 22.4 Å². The number of hydrogen-bond acceptors (Lipinski definition) is 5. The number of rotatable bonds is 6. The Labute approximate surface area is 159 Å². The van der Waals surface area contributed by atoms with Gasteiger partial charge in [-0.05, 0) is 30.4 Å². The number of methoxy groups -OCH3 is 1. The van der Waals surface area contributed by atoms with Gasteiger partial charge in [0.2, 0.25) is 12.3 Å². The first-order valence-corrected chi connectivity index (χ1v) is 9.05. The van der Waals surface area contributed by atoms with Gasteiger partial charge in [0.1, 0.15) is 0 Å². The third-order valence-corrected chi connectivity index (χ3v) is 5.27. The molecule has 1 aliphatic rings. The Hall–Kier alpha value is -2.23. The van der Waals surface area contributed by atoms with Gasteiger partial charge in [-0.2, -0.15) is 5.10 Å². The lowest BCUT2D eigenvalue weighted by atomic mass is 9.81. The quantitative estimate of drug-likeness (QED) is 0.591. The molecule has 1 aliphatic carbocycles. The van der Waals surface area contributed by atoms with E-state index in [0.29, 0.717) is 24.2 Å². The highest BCUT2D eigenvalue weighted by atomic mass is 19.3. The van der Waals surface area contributed by atoms with Gasteiger partial charge < -0.3 is 10.5 Å². The van der Waals surface area contributed by atoms with Crippen LogP contribution in [0.5, 0.6) is 0 Å². The zero-order valence-electron chi connectivity index (χ0n) is 15.3. The average Bonchev–Trinajstić information content (AvgIpc) is 3.08. The maximum atomic E-state index is 13.4. The van der Waals surface area contributed by atoms with Crippen LogP contribution in [0.2, 0.25) is 0 Å². The minimum Gasteiger partial charge on any atom is -0.469 e. The Morgan fingerprint density at radius 2 is 2.07 bits per heavy atom. The zero-order valence-corrected chi connectivity index (χ0v) is 15.3. The Morgan fingerprint density at radius 1 is 1.39 bits per heavy atom. The monoisotopic (exact) mass is 402 g/mol. The molecule has 0 saturated heterocycles. The van der Waals surface area contributed by atoms with Crippen molar-refractivity contribution >= 4 is 11.6 Å². The summed E-state index contributed by atoms with van der Waals surface area (Å²) in [5.41, 5.74) is 7.33. The highest BCUT2D eigenvalue weighted by Gasteiger charge is 2.37. The fraction of sp³-hybridized carbons (Fsp3) is 0.611. The van der Waals surface area contributed by atoms with Gasteiger partial charge in [0.05, 0.1) is 37.2 Å². The maximum Gasteiger partial charge on any atom is 0.313 e. The molecule has 0 amide bonds. The molecule has 154 valence electrons. The Bertz CT molecular complexity index is 832. The van der Waals surface area contributed by atoms with E-state index in [-0.39, 0.29) is 24.3 Å². The molecule has 0 aromatic carbocycles. The number of nitrogens with two attached hydrogens (primary N) is 1. The second kappa shape index (κ2) is 8.02. The number of alkyl halides is 4. The van der Waals surface area contributed by atoms with Gasteiger partial charge >= 0.3 is 5.97 Å². The number of halogens is 4. The predicted octanol–water partition coefficient (Wildman–Crippen LogP) is 3.47. The molecule has 10 heteroatoms. The molecule has 1 saturated carbocycles. The largest absolute Gasteiger partial charge is 0.469 e. The van der Waals surface area contributed by atoms with Crippen LogP contribution in [0.4, 0.5) is 17.6 Å². The van der Waals surface area contributed by atoms with Crippen LogP contribution in [0.1, 0.15) is 55.3 Å². The van der Waals surface area contributed by atoms with Crippen molar-refractivity contribution in [2.75, 3.05) is 7.11 Å². The summed E-state index contributed by atoms with van der Waals surface area (Å²) < 4.78 is 58.4. The van der Waals surface area contributed by atoms with Gasteiger partial charge in [-0.3, -0.25) is 4.79 Å². The van der Waals surface area contributed by atoms with Crippen molar-refractivity contribution in [1.29, 1.82) is 0 Å². The van der Waals surface area contributed by atoms with Crippen LogP contribution in [-0.2, 0) is 9.53 Å². The molecule has 2 unspecified atom stereocenters. The van der Waals surface area contributed by atoms with Crippen molar-refractivity contribution in [2.45, 2.75) is 56.4 Å². The highest BCUT2D eigenvalue weighted by Crippen LogP contribution is 2.40. The van der Waals surface area contributed by atoms with E-state index in [1.165, 1.54) is 16.8 Å². The van der Waals surface area contributed by atoms with Crippen LogP contribution in [0.25, 0.3) is 5.65 Å². The molecular weight excluding hydrogens is 380 g/mol. The predicted molar refractivity (Wildman–Crippen MR) is 92.2 cm³/mol.